The number of unbranched alkanes of at least 4 members (excludes halogenated alkanes) is 30. The average molecular weight is 1070 g/mol. The van der Waals surface area contributed by atoms with Gasteiger partial charge in [0.05, 0.1) is 61.5 Å². The lowest BCUT2D eigenvalue weighted by Gasteiger charge is -2.21. The average Bonchev–Trinajstić information content (AvgIpc) is 3.31. The van der Waals surface area contributed by atoms with Gasteiger partial charge in [-0.1, -0.05) is 200 Å². The topological polar surface area (TPSA) is 298 Å². The Hall–Kier alpha value is -2.44. The van der Waals surface area contributed by atoms with Crippen LogP contribution in [0.2, 0.25) is 0 Å². The molecular formula is C58H128N6O10+2. The fourth-order valence-electron chi connectivity index (χ4n) is 7.18. The molecule has 74 heavy (non-hydrogen) atoms. The van der Waals surface area contributed by atoms with Crippen molar-refractivity contribution < 1.29 is 64.5 Å². The number of carboxylic acids is 4. The van der Waals surface area contributed by atoms with Gasteiger partial charge in [0.15, 0.2) is 0 Å². The number of hydrogen-bond donors (Lipinski definition) is 9. The Morgan fingerprint density at radius 1 is 0.432 bits per heavy atom. The van der Waals surface area contributed by atoms with Crippen LogP contribution in [0, 0.1) is 0 Å². The molecule has 0 saturated carbocycles. The molecule has 0 aliphatic heterocycles. The van der Waals surface area contributed by atoms with E-state index in [1.807, 2.05) is 0 Å². The molecule has 0 aliphatic carbocycles. The highest BCUT2D eigenvalue weighted by Crippen LogP contribution is 2.15. The summed E-state index contributed by atoms with van der Waals surface area (Å²) >= 11 is 0. The first-order chi connectivity index (χ1) is 35.0. The lowest BCUT2D eigenvalue weighted by atomic mass is 10.0. The normalized spacial score (nSPS) is 11.6. The maximum Gasteiger partial charge on any atom is 0.320 e. The Balaban J connectivity index is -0.000000198. The number of aliphatic carboxylic acids is 4. The molecule has 0 spiro atoms. The molecule has 0 radical (unpaired) electrons. The summed E-state index contributed by atoms with van der Waals surface area (Å²) in [4.78, 5) is 40.9. The summed E-state index contributed by atoms with van der Waals surface area (Å²) in [6.45, 7) is 7.98. The number of nitrogens with two attached hydrogens (primary N) is 3. The summed E-state index contributed by atoms with van der Waals surface area (Å²) in [6, 6.07) is -1.29. The van der Waals surface area contributed by atoms with Crippen LogP contribution in [0.5, 0.6) is 0 Å². The van der Waals surface area contributed by atoms with Crippen molar-refractivity contribution in [3.05, 3.63) is 0 Å². The van der Waals surface area contributed by atoms with Crippen LogP contribution < -0.4 is 28.0 Å². The Morgan fingerprint density at radius 3 is 0.851 bits per heavy atom. The third-order valence-corrected chi connectivity index (χ3v) is 12.2. The summed E-state index contributed by atoms with van der Waals surface area (Å²) in [5.74, 6) is -3.31. The Morgan fingerprint density at radius 2 is 0.676 bits per heavy atom. The smallest absolute Gasteiger partial charge is 0.320 e. The van der Waals surface area contributed by atoms with E-state index >= 15 is 0 Å². The maximum absolute atomic E-state index is 10.3. The fourth-order valence-corrected chi connectivity index (χ4v) is 7.18. The molecule has 2 atom stereocenters. The third-order valence-electron chi connectivity index (χ3n) is 12.2. The van der Waals surface area contributed by atoms with E-state index in [-0.39, 0.29) is 13.2 Å². The molecule has 0 saturated heterocycles. The molecule has 16 heteroatoms. The quantitative estimate of drug-likeness (QED) is 0.0203. The standard InChI is InChI=1S/2C18H36O2.2C6H14N2O2.2C5H14NO/c2*1-2-3-4-5-6-7-8-9-10-11-12-13-14-15-16-17-18(19)20;2*7-4-2-1-3-5(8)6(9)10;2*1-6(2,3)4-5-7/h2*2-17H2,1H3,(H,19,20);2*5H,1-4,7-8H2,(H,9,10);2*7H,4-5H2,1-3H3/q;;;;2*+1. The van der Waals surface area contributed by atoms with Gasteiger partial charge in [-0.3, -0.25) is 14.4 Å². The van der Waals surface area contributed by atoms with Crippen LogP contribution in [-0.4, -0.2) is 152 Å². The van der Waals surface area contributed by atoms with Gasteiger partial charge in [0, 0.05) is 19.3 Å². The first-order valence-electron chi connectivity index (χ1n) is 29.7. The molecule has 0 aromatic carbocycles. The molecule has 0 heterocycles. The van der Waals surface area contributed by atoms with E-state index in [9.17, 15) is 24.3 Å². The number of rotatable bonds is 46. The first kappa shape index (κ1) is 82.9. The second-order valence-electron chi connectivity index (χ2n) is 22.2. The van der Waals surface area contributed by atoms with Crippen LogP contribution in [0.4, 0.5) is 0 Å². The van der Waals surface area contributed by atoms with Gasteiger partial charge in [0.2, 0.25) is 0 Å². The van der Waals surface area contributed by atoms with Gasteiger partial charge in [-0.25, -0.2) is 0 Å². The van der Waals surface area contributed by atoms with E-state index in [4.69, 9.17) is 42.7 Å². The molecule has 448 valence electrons. The zero-order chi connectivity index (χ0) is 57.6. The molecule has 2 unspecified atom stereocenters. The van der Waals surface area contributed by atoms with Gasteiger partial charge in [-0.2, -0.15) is 0 Å². The molecule has 0 aromatic heterocycles. The molecule has 16 nitrogen and oxygen atoms in total. The number of aliphatic hydroxyl groups is 2. The summed E-state index contributed by atoms with van der Waals surface area (Å²) < 4.78 is 1.69. The van der Waals surface area contributed by atoms with E-state index in [0.717, 1.165) is 73.4 Å². The Bertz CT molecular complexity index is 1060. The van der Waals surface area contributed by atoms with Gasteiger partial charge >= 0.3 is 17.9 Å². The van der Waals surface area contributed by atoms with E-state index in [0.29, 0.717) is 38.8 Å². The van der Waals surface area contributed by atoms with Crippen LogP contribution in [0.3, 0.4) is 0 Å². The largest absolute Gasteiger partial charge is 0.544 e. The van der Waals surface area contributed by atoms with Crippen molar-refractivity contribution in [3.63, 3.8) is 0 Å². The monoisotopic (exact) mass is 1070 g/mol. The molecule has 0 aliphatic rings. The highest BCUT2D eigenvalue weighted by Gasteiger charge is 2.09. The number of carbonyl (C=O) groups is 4. The van der Waals surface area contributed by atoms with Gasteiger partial charge in [0.25, 0.3) is 0 Å². The lowest BCUT2D eigenvalue weighted by molar-refractivity contribution is -0.870. The second kappa shape index (κ2) is 66.7. The number of carboxylic acid groups (broad SMARTS) is 4. The van der Waals surface area contributed by atoms with Crippen molar-refractivity contribution >= 4 is 23.9 Å². The van der Waals surface area contributed by atoms with Crippen LogP contribution in [0.1, 0.15) is 258 Å². The predicted octanol–water partition coefficient (Wildman–Crippen LogP) is 9.04. The number of nitrogens with zero attached hydrogens (tertiary/aromatic N) is 2. The lowest BCUT2D eigenvalue weighted by Crippen LogP contribution is -2.68. The number of carbonyl (C=O) groups excluding carboxylic acids is 1. The number of likely N-dealkylation sites (N-methyl/N-ethyl adjacent to an activating group) is 2. The van der Waals surface area contributed by atoms with Crippen LogP contribution >= 0.6 is 0 Å². The molecule has 0 rings (SSSR count). The van der Waals surface area contributed by atoms with Crippen molar-refractivity contribution in [3.8, 4) is 0 Å². The van der Waals surface area contributed by atoms with Crippen molar-refractivity contribution in [2.45, 2.75) is 270 Å². The summed E-state index contributed by atoms with van der Waals surface area (Å²) in [5, 5.41) is 52.2. The summed E-state index contributed by atoms with van der Waals surface area (Å²) in [6.07, 6.45) is 44.8. The molecule has 0 aromatic rings. The fraction of sp³-hybridized carbons (Fsp3) is 0.931. The van der Waals surface area contributed by atoms with Crippen molar-refractivity contribution in [1.29, 1.82) is 0 Å². The van der Waals surface area contributed by atoms with E-state index in [1.165, 1.54) is 167 Å². The van der Waals surface area contributed by atoms with E-state index in [2.05, 4.69) is 61.9 Å². The molecule has 14 N–H and O–H groups in total. The molecule has 0 amide bonds. The minimum absolute atomic E-state index is 0.281. The minimum Gasteiger partial charge on any atom is -0.544 e. The summed E-state index contributed by atoms with van der Waals surface area (Å²) in [7, 11) is 12.3. The number of aliphatic hydroxyl groups excluding tert-OH is 2. The molecular weight excluding hydrogens is 941 g/mol. The van der Waals surface area contributed by atoms with E-state index in [1.54, 1.807) is 0 Å². The van der Waals surface area contributed by atoms with Crippen molar-refractivity contribution in [2.24, 2.45) is 17.2 Å². The zero-order valence-corrected chi connectivity index (χ0v) is 49.9. The zero-order valence-electron chi connectivity index (χ0n) is 49.9. The van der Waals surface area contributed by atoms with Crippen LogP contribution in [-0.2, 0) is 19.2 Å². The first-order valence-corrected chi connectivity index (χ1v) is 29.7. The molecule has 0 bridgehead atoms. The Kier molecular flexibility index (Phi) is 74.7. The van der Waals surface area contributed by atoms with Gasteiger partial charge in [-0.05, 0) is 51.6 Å². The minimum atomic E-state index is -1.07. The van der Waals surface area contributed by atoms with E-state index < -0.39 is 36.0 Å². The highest BCUT2D eigenvalue weighted by atomic mass is 16.4. The van der Waals surface area contributed by atoms with Gasteiger partial charge < -0.3 is 67.3 Å². The van der Waals surface area contributed by atoms with Gasteiger partial charge in [-0.15, -0.1) is 0 Å². The van der Waals surface area contributed by atoms with Crippen LogP contribution in [0.25, 0.3) is 0 Å². The summed E-state index contributed by atoms with van der Waals surface area (Å²) in [5.41, 5.74) is 19.0. The third kappa shape index (κ3) is 98.7. The predicted molar refractivity (Wildman–Crippen MR) is 307 cm³/mol. The van der Waals surface area contributed by atoms with Crippen LogP contribution in [0.15, 0.2) is 0 Å². The van der Waals surface area contributed by atoms with Crippen molar-refractivity contribution in [1.82, 2.24) is 0 Å². The van der Waals surface area contributed by atoms with Gasteiger partial charge in [0.1, 0.15) is 25.2 Å². The molecule has 0 fully saturated rings. The second-order valence-corrected chi connectivity index (χ2v) is 22.2. The number of quaternary nitrogens is 3. The Labute approximate surface area is 455 Å². The van der Waals surface area contributed by atoms with Crippen molar-refractivity contribution in [2.75, 3.05) is 81.7 Å². The SMILES string of the molecule is CCCCCCCCCCCCCCCCCC(=O)O.CCCCCCCCCCCCCCCCCC(=O)O.C[N+](C)(C)CCO.C[N+](C)(C)CCO.NCCCCC(N)C(=O)O.NCCCCC([NH3+])C(=O)[O-]. The number of hydrogen-bond acceptors (Lipinski definition) is 10. The highest BCUT2D eigenvalue weighted by molar-refractivity contribution is 5.73. The maximum atomic E-state index is 10.3.